The number of Topliss-reactive ketones (excluding diaryl/α,β-unsaturated/α-hetero) is 4. The van der Waals surface area contributed by atoms with Gasteiger partial charge >= 0.3 is 0 Å². The van der Waals surface area contributed by atoms with Crippen LogP contribution in [0.4, 0.5) is 0 Å². The molecule has 2 fully saturated rings. The lowest BCUT2D eigenvalue weighted by Crippen LogP contribution is -2.74. The number of benzene rings is 2. The second-order valence-corrected chi connectivity index (χ2v) is 10.6. The molecule has 1 amide bonds. The maximum atomic E-state index is 13.8. The summed E-state index contributed by atoms with van der Waals surface area (Å²) >= 11 is 0. The summed E-state index contributed by atoms with van der Waals surface area (Å²) in [5.41, 5.74) is 5.16. The number of nitrogens with zero attached hydrogens (tertiary/aromatic N) is 1. The van der Waals surface area contributed by atoms with Crippen molar-refractivity contribution in [2.45, 2.75) is 31.1 Å². The van der Waals surface area contributed by atoms with Gasteiger partial charge in [0.2, 0.25) is 5.91 Å². The van der Waals surface area contributed by atoms with Crippen molar-refractivity contribution in [3.63, 3.8) is 0 Å². The maximum absolute atomic E-state index is 13.8. The molecule has 198 valence electrons. The van der Waals surface area contributed by atoms with E-state index in [1.807, 2.05) is 0 Å². The zero-order valence-electron chi connectivity index (χ0n) is 20.9. The molecule has 6 atom stereocenters. The predicted molar refractivity (Wildman–Crippen MR) is 133 cm³/mol. The second kappa shape index (κ2) is 8.93. The summed E-state index contributed by atoms with van der Waals surface area (Å²) in [7, 11) is 3.09. The third kappa shape index (κ3) is 3.48. The number of aliphatic hydroxyl groups is 2. The van der Waals surface area contributed by atoms with Gasteiger partial charge in [0, 0.05) is 5.92 Å². The molecule has 0 bridgehead atoms. The average molecular weight is 521 g/mol. The van der Waals surface area contributed by atoms with Gasteiger partial charge in [-0.15, -0.1) is 0 Å². The van der Waals surface area contributed by atoms with Gasteiger partial charge < -0.3 is 21.1 Å². The van der Waals surface area contributed by atoms with Crippen molar-refractivity contribution in [3.8, 4) is 16.9 Å². The number of hydrogen-bond donors (Lipinski definition) is 4. The number of phenols is 1. The summed E-state index contributed by atoms with van der Waals surface area (Å²) in [6.07, 6.45) is 0.166. The third-order valence-corrected chi connectivity index (χ3v) is 8.39. The average Bonchev–Trinajstić information content (AvgIpc) is 2.86. The van der Waals surface area contributed by atoms with Crippen molar-refractivity contribution < 1.29 is 39.3 Å². The Morgan fingerprint density at radius 3 is 2.29 bits per heavy atom. The number of fused-ring (bicyclic) bond motifs is 3. The molecule has 0 aliphatic heterocycles. The molecular weight excluding hydrogens is 492 g/mol. The number of carbonyl (C=O) groups is 5. The first kappa shape index (κ1) is 25.9. The molecule has 2 aromatic carbocycles. The minimum Gasteiger partial charge on any atom is -0.507 e. The fourth-order valence-electron chi connectivity index (χ4n) is 6.66. The summed E-state index contributed by atoms with van der Waals surface area (Å²) in [5, 5.41) is 31.7. The van der Waals surface area contributed by atoms with Crippen LogP contribution in [-0.2, 0) is 32.2 Å². The monoisotopic (exact) mass is 520 g/mol. The zero-order chi connectivity index (χ0) is 27.7. The molecule has 5 rings (SSSR count). The van der Waals surface area contributed by atoms with E-state index in [4.69, 9.17) is 5.73 Å². The molecule has 5 N–H and O–H groups in total. The van der Waals surface area contributed by atoms with E-state index < -0.39 is 64.4 Å². The highest BCUT2D eigenvalue weighted by atomic mass is 16.3. The molecule has 10 heteroatoms. The van der Waals surface area contributed by atoms with Crippen LogP contribution >= 0.6 is 0 Å². The van der Waals surface area contributed by atoms with Gasteiger partial charge in [0.25, 0.3) is 0 Å². The minimum atomic E-state index is -2.75. The molecule has 0 heterocycles. The van der Waals surface area contributed by atoms with Gasteiger partial charge in [0.15, 0.2) is 34.7 Å². The number of primary amides is 1. The van der Waals surface area contributed by atoms with Gasteiger partial charge in [-0.3, -0.25) is 28.9 Å². The number of phenolic OH excluding ortho intramolecular Hbond substituents is 1. The molecule has 2 saturated carbocycles. The summed E-state index contributed by atoms with van der Waals surface area (Å²) < 4.78 is 0. The van der Waals surface area contributed by atoms with E-state index in [-0.39, 0.29) is 30.8 Å². The van der Waals surface area contributed by atoms with Crippen LogP contribution in [0.25, 0.3) is 11.1 Å². The number of amides is 1. The maximum Gasteiger partial charge on any atom is 0.235 e. The Balaban J connectivity index is 1.64. The van der Waals surface area contributed by atoms with Gasteiger partial charge in [-0.1, -0.05) is 30.3 Å². The fraction of sp³-hybridized carbons (Fsp3) is 0.393. The van der Waals surface area contributed by atoms with Crippen LogP contribution in [0.15, 0.2) is 36.4 Å². The van der Waals surface area contributed by atoms with Crippen molar-refractivity contribution in [2.24, 2.45) is 29.4 Å². The van der Waals surface area contributed by atoms with E-state index in [9.17, 15) is 39.3 Å². The SMILES string of the molecule is CN(C)C1C(=O)C(C(N)=O)C(=O)C2(O)C(=O)C3C(=O)c4c(O)ccc(-c5ccc(CO)cc5)c4CC3CC12. The van der Waals surface area contributed by atoms with Gasteiger partial charge in [-0.2, -0.15) is 0 Å². The lowest BCUT2D eigenvalue weighted by atomic mass is 9.52. The topological polar surface area (TPSA) is 175 Å². The highest BCUT2D eigenvalue weighted by Gasteiger charge is 2.69. The van der Waals surface area contributed by atoms with Crippen molar-refractivity contribution >= 4 is 29.0 Å². The van der Waals surface area contributed by atoms with E-state index in [1.165, 1.54) is 11.0 Å². The van der Waals surface area contributed by atoms with Crippen LogP contribution in [0.2, 0.25) is 0 Å². The molecule has 2 aromatic rings. The van der Waals surface area contributed by atoms with Crippen LogP contribution < -0.4 is 5.73 Å². The first-order valence-corrected chi connectivity index (χ1v) is 12.3. The van der Waals surface area contributed by atoms with Crippen LogP contribution in [-0.4, -0.2) is 75.0 Å². The first-order chi connectivity index (χ1) is 17.9. The number of hydrogen-bond acceptors (Lipinski definition) is 9. The van der Waals surface area contributed by atoms with Gasteiger partial charge in [0.05, 0.1) is 24.1 Å². The summed E-state index contributed by atoms with van der Waals surface area (Å²) in [5.74, 6) is -10.7. The van der Waals surface area contributed by atoms with E-state index in [2.05, 4.69) is 0 Å². The van der Waals surface area contributed by atoms with Crippen molar-refractivity contribution in [1.29, 1.82) is 0 Å². The molecular formula is C28H28N2O8. The number of likely N-dealkylation sites (N-methyl/N-ethyl adjacent to an activating group) is 1. The lowest BCUT2D eigenvalue weighted by molar-refractivity contribution is -0.181. The normalized spacial score (nSPS) is 30.6. The molecule has 10 nitrogen and oxygen atoms in total. The Bertz CT molecular complexity index is 1400. The largest absolute Gasteiger partial charge is 0.507 e. The fourth-order valence-corrected chi connectivity index (χ4v) is 6.66. The highest BCUT2D eigenvalue weighted by molar-refractivity contribution is 6.32. The van der Waals surface area contributed by atoms with Gasteiger partial charge in [-0.25, -0.2) is 0 Å². The summed E-state index contributed by atoms with van der Waals surface area (Å²) in [6.45, 7) is -0.135. The smallest absolute Gasteiger partial charge is 0.235 e. The molecule has 6 unspecified atom stereocenters. The van der Waals surface area contributed by atoms with Crippen molar-refractivity contribution in [2.75, 3.05) is 14.1 Å². The van der Waals surface area contributed by atoms with Crippen LogP contribution in [0.5, 0.6) is 5.75 Å². The van der Waals surface area contributed by atoms with Gasteiger partial charge in [0.1, 0.15) is 5.75 Å². The van der Waals surface area contributed by atoms with Crippen LogP contribution in [0.3, 0.4) is 0 Å². The van der Waals surface area contributed by atoms with E-state index >= 15 is 0 Å². The number of nitrogens with two attached hydrogens (primary N) is 1. The second-order valence-electron chi connectivity index (χ2n) is 10.6. The van der Waals surface area contributed by atoms with E-state index in [0.29, 0.717) is 16.7 Å². The summed E-state index contributed by atoms with van der Waals surface area (Å²) in [6, 6.07) is 8.92. The molecule has 3 aliphatic carbocycles. The standard InChI is InChI=1S/C28H28N2O8/c1-30(2)22-17-10-14-9-16-15(13-5-3-12(11-31)4-6-13)7-8-18(32)20(16)23(33)19(14)25(35)28(17,38)26(36)21(24(22)34)27(29)37/h3-8,14,17,19,21-22,31-32,38H,9-11H2,1-2H3,(H2,29,37). The zero-order valence-corrected chi connectivity index (χ0v) is 20.9. The van der Waals surface area contributed by atoms with Crippen molar-refractivity contribution in [1.82, 2.24) is 4.90 Å². The van der Waals surface area contributed by atoms with Gasteiger partial charge in [-0.05, 0) is 61.2 Å². The molecule has 38 heavy (non-hydrogen) atoms. The van der Waals surface area contributed by atoms with E-state index in [1.54, 1.807) is 44.4 Å². The minimum absolute atomic E-state index is 0.0115. The Hall–Kier alpha value is -3.73. The lowest BCUT2D eigenvalue weighted by Gasteiger charge is -2.52. The molecule has 3 aliphatic rings. The highest BCUT2D eigenvalue weighted by Crippen LogP contribution is 2.51. The Morgan fingerprint density at radius 2 is 1.71 bits per heavy atom. The van der Waals surface area contributed by atoms with Crippen LogP contribution in [0.1, 0.15) is 27.9 Å². The molecule has 0 spiro atoms. The Labute approximate surface area is 218 Å². The third-order valence-electron chi connectivity index (χ3n) is 8.39. The molecule has 0 saturated heterocycles. The number of carbonyl (C=O) groups excluding carboxylic acids is 5. The Kier molecular flexibility index (Phi) is 6.09. The number of rotatable bonds is 4. The van der Waals surface area contributed by atoms with Crippen molar-refractivity contribution in [3.05, 3.63) is 53.1 Å². The summed E-state index contributed by atoms with van der Waals surface area (Å²) in [4.78, 5) is 67.6. The first-order valence-electron chi connectivity index (χ1n) is 12.3. The molecule has 0 aromatic heterocycles. The Morgan fingerprint density at radius 1 is 1.05 bits per heavy atom. The predicted octanol–water partition coefficient (Wildman–Crippen LogP) is 0.0263. The number of ketones is 4. The number of aromatic hydroxyl groups is 1. The van der Waals surface area contributed by atoms with Crippen LogP contribution in [0, 0.1) is 23.7 Å². The molecule has 0 radical (unpaired) electrons. The number of aliphatic hydroxyl groups excluding tert-OH is 1. The quantitative estimate of drug-likeness (QED) is 0.405. The van der Waals surface area contributed by atoms with E-state index in [0.717, 1.165) is 5.56 Å².